The lowest BCUT2D eigenvalue weighted by atomic mass is 10.0. The second-order valence-electron chi connectivity index (χ2n) is 5.95. The van der Waals surface area contributed by atoms with Crippen molar-refractivity contribution in [3.63, 3.8) is 0 Å². The van der Waals surface area contributed by atoms with Crippen molar-refractivity contribution in [1.82, 2.24) is 0 Å². The van der Waals surface area contributed by atoms with Crippen LogP contribution in [0.25, 0.3) is 0 Å². The summed E-state index contributed by atoms with van der Waals surface area (Å²) in [5, 5.41) is 0. The largest absolute Gasteiger partial charge is 0.0658 e. The van der Waals surface area contributed by atoms with Crippen molar-refractivity contribution in [2.45, 2.75) is 109 Å². The minimum atomic E-state index is 1.38. The highest BCUT2D eigenvalue weighted by atomic mass is 28.1. The van der Waals surface area contributed by atoms with Gasteiger partial charge in [0, 0.05) is 10.2 Å². The third-order valence-electron chi connectivity index (χ3n) is 3.96. The van der Waals surface area contributed by atoms with E-state index in [1.807, 2.05) is 0 Å². The highest BCUT2D eigenvalue weighted by Crippen LogP contribution is 2.13. The average Bonchev–Trinajstić information content (AvgIpc) is 2.39. The minimum absolute atomic E-state index is 1.38. The monoisotopic (exact) mass is 270 g/mol. The molecule has 0 amide bonds. The molecule has 0 nitrogen and oxygen atoms in total. The second kappa shape index (κ2) is 17.2. The van der Waals surface area contributed by atoms with Crippen molar-refractivity contribution in [2.75, 3.05) is 0 Å². The Balaban J connectivity index is 2.86. The fraction of sp³-hybridized carbons (Fsp3) is 1.00. The molecule has 0 rings (SSSR count). The van der Waals surface area contributed by atoms with E-state index in [0.717, 1.165) is 0 Å². The van der Waals surface area contributed by atoms with Gasteiger partial charge in [0.1, 0.15) is 0 Å². The zero-order chi connectivity index (χ0) is 13.3. The molecule has 0 aromatic carbocycles. The molecule has 0 aromatic rings. The highest BCUT2D eigenvalue weighted by Gasteiger charge is 1.93. The van der Waals surface area contributed by atoms with Gasteiger partial charge in [-0.2, -0.15) is 0 Å². The van der Waals surface area contributed by atoms with Crippen molar-refractivity contribution in [1.29, 1.82) is 0 Å². The van der Waals surface area contributed by atoms with Gasteiger partial charge in [-0.1, -0.05) is 109 Å². The molecule has 0 bridgehead atoms. The molecule has 0 spiro atoms. The van der Waals surface area contributed by atoms with Crippen LogP contribution in [0.3, 0.4) is 0 Å². The summed E-state index contributed by atoms with van der Waals surface area (Å²) in [6, 6.07) is 1.51. The van der Waals surface area contributed by atoms with Crippen LogP contribution in [0.1, 0.15) is 103 Å². The van der Waals surface area contributed by atoms with Gasteiger partial charge < -0.3 is 0 Å². The summed E-state index contributed by atoms with van der Waals surface area (Å²) in [7, 11) is 1.41. The molecule has 1 heteroatoms. The van der Waals surface area contributed by atoms with Crippen LogP contribution in [0, 0.1) is 0 Å². The molecule has 0 fully saturated rings. The predicted octanol–water partition coefficient (Wildman–Crippen LogP) is 5.64. The van der Waals surface area contributed by atoms with Crippen molar-refractivity contribution in [3.8, 4) is 0 Å². The highest BCUT2D eigenvalue weighted by molar-refractivity contribution is 6.08. The average molecular weight is 271 g/mol. The molecule has 0 aliphatic heterocycles. The molecule has 0 atom stereocenters. The van der Waals surface area contributed by atoms with Gasteiger partial charge >= 0.3 is 0 Å². The van der Waals surface area contributed by atoms with E-state index in [9.17, 15) is 0 Å². The SMILES string of the molecule is CCCCCCCCCCCCCCCCC[SiH3]. The summed E-state index contributed by atoms with van der Waals surface area (Å²) in [5.41, 5.74) is 0. The first-order chi connectivity index (χ1) is 8.91. The maximum Gasteiger partial charge on any atom is 0.00279 e. The molecule has 0 saturated heterocycles. The summed E-state index contributed by atoms with van der Waals surface area (Å²) in [5.74, 6) is 0. The first-order valence-corrected chi connectivity index (χ1v) is 10.3. The van der Waals surface area contributed by atoms with Crippen LogP contribution in [0.15, 0.2) is 0 Å². The van der Waals surface area contributed by atoms with Crippen molar-refractivity contribution in [2.24, 2.45) is 0 Å². The lowest BCUT2D eigenvalue weighted by Crippen LogP contribution is -1.83. The summed E-state index contributed by atoms with van der Waals surface area (Å²) in [6.07, 6.45) is 22.2. The lowest BCUT2D eigenvalue weighted by Gasteiger charge is -2.03. The molecular weight excluding hydrogens is 232 g/mol. The predicted molar refractivity (Wildman–Crippen MR) is 89.7 cm³/mol. The lowest BCUT2D eigenvalue weighted by molar-refractivity contribution is 0.534. The number of unbranched alkanes of at least 4 members (excludes halogenated alkanes) is 14. The third kappa shape index (κ3) is 16.2. The normalized spacial score (nSPS) is 11.2. The quantitative estimate of drug-likeness (QED) is 0.267. The molecule has 0 aromatic heterocycles. The maximum atomic E-state index is 2.30. The van der Waals surface area contributed by atoms with Gasteiger partial charge in [0.15, 0.2) is 0 Å². The first-order valence-electron chi connectivity index (χ1n) is 8.91. The van der Waals surface area contributed by atoms with E-state index in [2.05, 4.69) is 6.92 Å². The van der Waals surface area contributed by atoms with Crippen LogP contribution in [-0.2, 0) is 0 Å². The molecule has 0 N–H and O–H groups in total. The number of hydrogen-bond donors (Lipinski definition) is 0. The van der Waals surface area contributed by atoms with Crippen LogP contribution >= 0.6 is 0 Å². The van der Waals surface area contributed by atoms with Gasteiger partial charge in [-0.3, -0.25) is 0 Å². The molecule has 0 aliphatic carbocycles. The van der Waals surface area contributed by atoms with Gasteiger partial charge in [0.2, 0.25) is 0 Å². The van der Waals surface area contributed by atoms with Crippen LogP contribution < -0.4 is 0 Å². The summed E-state index contributed by atoms with van der Waals surface area (Å²) < 4.78 is 0. The van der Waals surface area contributed by atoms with E-state index in [1.54, 1.807) is 0 Å². The number of rotatable bonds is 15. The topological polar surface area (TPSA) is 0 Å². The Morgan fingerprint density at radius 2 is 0.722 bits per heavy atom. The molecule has 0 saturated carbocycles. The van der Waals surface area contributed by atoms with Crippen molar-refractivity contribution in [3.05, 3.63) is 0 Å². The Hall–Kier alpha value is 0.217. The van der Waals surface area contributed by atoms with Gasteiger partial charge in [-0.05, 0) is 0 Å². The maximum absolute atomic E-state index is 2.30. The van der Waals surface area contributed by atoms with E-state index in [-0.39, 0.29) is 0 Å². The Morgan fingerprint density at radius 1 is 0.444 bits per heavy atom. The Bertz CT molecular complexity index is 118. The standard InChI is InChI=1S/C17H38Si/c1-2-3-4-5-6-7-8-9-10-11-12-13-14-15-16-17-18/h2-17H2,1,18H3. The molecule has 0 unspecified atom stereocenters. The minimum Gasteiger partial charge on any atom is -0.0658 e. The van der Waals surface area contributed by atoms with Crippen LogP contribution in [-0.4, -0.2) is 10.2 Å². The molecule has 0 radical (unpaired) electrons. The number of hydrogen-bond acceptors (Lipinski definition) is 0. The first kappa shape index (κ1) is 18.2. The Labute approximate surface area is 120 Å². The van der Waals surface area contributed by atoms with E-state index >= 15 is 0 Å². The Morgan fingerprint density at radius 3 is 1.00 bits per heavy atom. The fourth-order valence-electron chi connectivity index (χ4n) is 2.62. The van der Waals surface area contributed by atoms with Gasteiger partial charge in [-0.25, -0.2) is 0 Å². The zero-order valence-electron chi connectivity index (χ0n) is 13.3. The van der Waals surface area contributed by atoms with E-state index in [4.69, 9.17) is 0 Å². The fourth-order valence-corrected chi connectivity index (χ4v) is 3.12. The summed E-state index contributed by atoms with van der Waals surface area (Å²) in [4.78, 5) is 0. The smallest absolute Gasteiger partial charge is 0.00279 e. The van der Waals surface area contributed by atoms with Gasteiger partial charge in [0.05, 0.1) is 0 Å². The van der Waals surface area contributed by atoms with Gasteiger partial charge in [-0.15, -0.1) is 0 Å². The van der Waals surface area contributed by atoms with E-state index in [0.29, 0.717) is 0 Å². The summed E-state index contributed by atoms with van der Waals surface area (Å²) >= 11 is 0. The second-order valence-corrected chi connectivity index (χ2v) is 6.95. The van der Waals surface area contributed by atoms with E-state index in [1.165, 1.54) is 113 Å². The van der Waals surface area contributed by atoms with E-state index < -0.39 is 0 Å². The van der Waals surface area contributed by atoms with Gasteiger partial charge in [0.25, 0.3) is 0 Å². The zero-order valence-corrected chi connectivity index (χ0v) is 15.3. The molecular formula is C17H38Si. The molecule has 110 valence electrons. The Kier molecular flexibility index (Phi) is 17.4. The van der Waals surface area contributed by atoms with Crippen molar-refractivity contribution < 1.29 is 0 Å². The van der Waals surface area contributed by atoms with Crippen LogP contribution in [0.2, 0.25) is 6.04 Å². The van der Waals surface area contributed by atoms with Crippen LogP contribution in [0.4, 0.5) is 0 Å². The van der Waals surface area contributed by atoms with Crippen molar-refractivity contribution >= 4 is 10.2 Å². The summed E-state index contributed by atoms with van der Waals surface area (Å²) in [6.45, 7) is 2.30. The third-order valence-corrected chi connectivity index (χ3v) is 4.66. The molecule has 0 aliphatic rings. The molecule has 18 heavy (non-hydrogen) atoms. The van der Waals surface area contributed by atoms with Crippen LogP contribution in [0.5, 0.6) is 0 Å². The molecule has 0 heterocycles.